The number of carbonyl (C=O) groups excluding carboxylic acids is 2. The smallest absolute Gasteiger partial charge is 0.347 e. The number of benzene rings is 4. The highest BCUT2D eigenvalue weighted by atomic mass is 16.5. The van der Waals surface area contributed by atoms with Gasteiger partial charge in [-0.3, -0.25) is 4.79 Å². The van der Waals surface area contributed by atoms with Gasteiger partial charge in [-0.1, -0.05) is 78.9 Å². The number of rotatable bonds is 8. The van der Waals surface area contributed by atoms with E-state index >= 15 is 0 Å². The first-order valence-electron chi connectivity index (χ1n) is 11.9. The van der Waals surface area contributed by atoms with Crippen molar-refractivity contribution >= 4 is 28.8 Å². The summed E-state index contributed by atoms with van der Waals surface area (Å²) in [6.07, 6.45) is 3.12. The average molecular weight is 489 g/mol. The maximum Gasteiger partial charge on any atom is 0.347 e. The molecule has 0 bridgehead atoms. The molecule has 0 atom stereocenters. The van der Waals surface area contributed by atoms with Crippen molar-refractivity contribution in [3.63, 3.8) is 0 Å². The topological polar surface area (TPSA) is 65.7 Å². The van der Waals surface area contributed by atoms with Crippen LogP contribution in [0.4, 0.5) is 0 Å². The van der Waals surface area contributed by atoms with E-state index in [0.717, 1.165) is 5.56 Å². The third-order valence-corrected chi connectivity index (χ3v) is 5.88. The molecule has 0 saturated heterocycles. The summed E-state index contributed by atoms with van der Waals surface area (Å²) in [5, 5.41) is 0.611. The van der Waals surface area contributed by atoms with Gasteiger partial charge in [0.15, 0.2) is 5.78 Å². The third kappa shape index (κ3) is 5.52. The molecule has 0 aliphatic carbocycles. The molecule has 0 saturated carbocycles. The summed E-state index contributed by atoms with van der Waals surface area (Å²) in [5.41, 5.74) is 3.13. The van der Waals surface area contributed by atoms with E-state index in [9.17, 15) is 9.59 Å². The van der Waals surface area contributed by atoms with E-state index in [2.05, 4.69) is 0 Å². The van der Waals surface area contributed by atoms with Crippen LogP contribution in [0, 0.1) is 6.92 Å². The van der Waals surface area contributed by atoms with Crippen LogP contribution in [0.25, 0.3) is 17.0 Å². The number of hydrogen-bond donors (Lipinski definition) is 0. The van der Waals surface area contributed by atoms with Crippen molar-refractivity contribution in [3.8, 4) is 11.5 Å². The number of ketones is 1. The van der Waals surface area contributed by atoms with Crippen LogP contribution in [0.15, 0.2) is 114 Å². The summed E-state index contributed by atoms with van der Waals surface area (Å²) in [6.45, 7) is 2.13. The van der Waals surface area contributed by atoms with Crippen LogP contribution in [-0.2, 0) is 6.61 Å². The number of hydrogen-bond acceptors (Lipinski definition) is 5. The Morgan fingerprint density at radius 3 is 2.32 bits per heavy atom. The molecule has 5 heteroatoms. The highest BCUT2D eigenvalue weighted by molar-refractivity contribution is 6.07. The minimum Gasteiger partial charge on any atom is -0.489 e. The van der Waals surface area contributed by atoms with E-state index in [0.29, 0.717) is 51.5 Å². The largest absolute Gasteiger partial charge is 0.489 e. The molecular formula is C32H24O5. The van der Waals surface area contributed by atoms with Crippen molar-refractivity contribution in [1.82, 2.24) is 0 Å². The van der Waals surface area contributed by atoms with Gasteiger partial charge in [0.05, 0.1) is 0 Å². The molecule has 0 N–H and O–H groups in total. The second-order valence-electron chi connectivity index (χ2n) is 8.46. The molecule has 182 valence electrons. The minimum atomic E-state index is -0.549. The number of furan rings is 1. The van der Waals surface area contributed by atoms with Gasteiger partial charge in [0.25, 0.3) is 0 Å². The minimum absolute atomic E-state index is 0.138. The molecule has 0 unspecified atom stereocenters. The Kier molecular flexibility index (Phi) is 6.95. The number of fused-ring (bicyclic) bond motifs is 1. The predicted molar refractivity (Wildman–Crippen MR) is 143 cm³/mol. The van der Waals surface area contributed by atoms with Gasteiger partial charge in [0.1, 0.15) is 35.0 Å². The van der Waals surface area contributed by atoms with Gasteiger partial charge < -0.3 is 13.9 Å². The lowest BCUT2D eigenvalue weighted by Gasteiger charge is -2.08. The van der Waals surface area contributed by atoms with Crippen molar-refractivity contribution in [2.24, 2.45) is 0 Å². The molecule has 1 heterocycles. The quantitative estimate of drug-likeness (QED) is 0.0983. The Balaban J connectivity index is 1.37. The Hall–Kier alpha value is -4.90. The lowest BCUT2D eigenvalue weighted by molar-refractivity contribution is 0.0734. The predicted octanol–water partition coefficient (Wildman–Crippen LogP) is 7.44. The standard InChI is InChI=1S/C32H24O5/c1-22-31(27-20-26(17-19-30(27)36-22)35-21-23-10-4-2-5-11-23)32(34)37-29-15-9-8-14-25(29)16-18-28(33)24-12-6-3-7-13-24/h2-20H,21H2,1H3/b18-16+. The van der Waals surface area contributed by atoms with E-state index in [-0.39, 0.29) is 5.78 Å². The average Bonchev–Trinajstić information content (AvgIpc) is 3.27. The summed E-state index contributed by atoms with van der Waals surface area (Å²) in [4.78, 5) is 25.8. The molecular weight excluding hydrogens is 464 g/mol. The number of para-hydroxylation sites is 1. The fourth-order valence-electron chi connectivity index (χ4n) is 4.01. The summed E-state index contributed by atoms with van der Waals surface area (Å²) in [5.74, 6) is 0.726. The number of allylic oxidation sites excluding steroid dienone is 1. The Morgan fingerprint density at radius 1 is 0.838 bits per heavy atom. The molecule has 0 fully saturated rings. The summed E-state index contributed by atoms with van der Waals surface area (Å²) < 4.78 is 17.5. The second-order valence-corrected chi connectivity index (χ2v) is 8.46. The highest BCUT2D eigenvalue weighted by Crippen LogP contribution is 2.31. The fraction of sp³-hybridized carbons (Fsp3) is 0.0625. The van der Waals surface area contributed by atoms with E-state index in [1.54, 1.807) is 55.5 Å². The van der Waals surface area contributed by atoms with Crippen molar-refractivity contribution in [2.75, 3.05) is 0 Å². The van der Waals surface area contributed by atoms with Gasteiger partial charge >= 0.3 is 5.97 Å². The lowest BCUT2D eigenvalue weighted by Crippen LogP contribution is -2.10. The zero-order valence-electron chi connectivity index (χ0n) is 20.2. The molecule has 5 rings (SSSR count). The van der Waals surface area contributed by atoms with Gasteiger partial charge in [-0.05, 0) is 48.9 Å². The third-order valence-electron chi connectivity index (χ3n) is 5.88. The normalized spacial score (nSPS) is 11.1. The van der Waals surface area contributed by atoms with Crippen molar-refractivity contribution in [2.45, 2.75) is 13.5 Å². The maximum atomic E-state index is 13.3. The number of carbonyl (C=O) groups is 2. The molecule has 5 nitrogen and oxygen atoms in total. The zero-order chi connectivity index (χ0) is 25.6. The number of ether oxygens (including phenoxy) is 2. The van der Waals surface area contributed by atoms with Crippen LogP contribution in [0.1, 0.15) is 37.6 Å². The molecule has 0 radical (unpaired) electrons. The molecule has 0 aliphatic rings. The highest BCUT2D eigenvalue weighted by Gasteiger charge is 2.21. The van der Waals surface area contributed by atoms with Gasteiger partial charge in [-0.15, -0.1) is 0 Å². The first-order chi connectivity index (χ1) is 18.1. The van der Waals surface area contributed by atoms with Crippen LogP contribution >= 0.6 is 0 Å². The van der Waals surface area contributed by atoms with Crippen LogP contribution in [0.5, 0.6) is 11.5 Å². The fourth-order valence-corrected chi connectivity index (χ4v) is 4.01. The summed E-state index contributed by atoms with van der Waals surface area (Å²) in [7, 11) is 0. The van der Waals surface area contributed by atoms with Crippen LogP contribution in [0.3, 0.4) is 0 Å². The molecule has 0 amide bonds. The Labute approximate surface area is 214 Å². The lowest BCUT2D eigenvalue weighted by atomic mass is 10.1. The first-order valence-corrected chi connectivity index (χ1v) is 11.9. The Bertz CT molecular complexity index is 1580. The van der Waals surface area contributed by atoms with Gasteiger partial charge in [-0.25, -0.2) is 4.79 Å². The van der Waals surface area contributed by atoms with Gasteiger partial charge in [0.2, 0.25) is 0 Å². The molecule has 0 aliphatic heterocycles. The number of esters is 1. The monoisotopic (exact) mass is 488 g/mol. The van der Waals surface area contributed by atoms with Crippen molar-refractivity contribution in [1.29, 1.82) is 0 Å². The van der Waals surface area contributed by atoms with E-state index in [4.69, 9.17) is 13.9 Å². The Morgan fingerprint density at radius 2 is 1.54 bits per heavy atom. The summed E-state index contributed by atoms with van der Waals surface area (Å²) in [6, 6.07) is 31.3. The van der Waals surface area contributed by atoms with Gasteiger partial charge in [0, 0.05) is 16.5 Å². The van der Waals surface area contributed by atoms with E-state index in [1.807, 2.05) is 60.7 Å². The second kappa shape index (κ2) is 10.8. The van der Waals surface area contributed by atoms with Crippen LogP contribution in [0.2, 0.25) is 0 Å². The van der Waals surface area contributed by atoms with E-state index in [1.165, 1.54) is 6.08 Å². The van der Waals surface area contributed by atoms with Crippen LogP contribution < -0.4 is 9.47 Å². The van der Waals surface area contributed by atoms with Crippen LogP contribution in [-0.4, -0.2) is 11.8 Å². The molecule has 5 aromatic rings. The molecule has 4 aromatic carbocycles. The van der Waals surface area contributed by atoms with Crippen molar-refractivity contribution < 1.29 is 23.5 Å². The number of aryl methyl sites for hydroxylation is 1. The molecule has 1 aromatic heterocycles. The summed E-state index contributed by atoms with van der Waals surface area (Å²) >= 11 is 0. The molecule has 37 heavy (non-hydrogen) atoms. The van der Waals surface area contributed by atoms with Gasteiger partial charge in [-0.2, -0.15) is 0 Å². The van der Waals surface area contributed by atoms with E-state index < -0.39 is 5.97 Å². The van der Waals surface area contributed by atoms with Crippen molar-refractivity contribution in [3.05, 3.63) is 137 Å². The maximum absolute atomic E-state index is 13.3. The zero-order valence-corrected chi connectivity index (χ0v) is 20.2. The molecule has 0 spiro atoms. The SMILES string of the molecule is Cc1oc2ccc(OCc3ccccc3)cc2c1C(=O)Oc1ccccc1/C=C/C(=O)c1ccccc1. The first kappa shape index (κ1) is 23.8.